The summed E-state index contributed by atoms with van der Waals surface area (Å²) in [5.74, 6) is 1.30. The molecule has 0 aromatic heterocycles. The predicted molar refractivity (Wildman–Crippen MR) is 78.3 cm³/mol. The van der Waals surface area contributed by atoms with E-state index in [1.54, 1.807) is 0 Å². The van der Waals surface area contributed by atoms with E-state index in [2.05, 4.69) is 29.1 Å². The molecule has 2 rings (SSSR count). The van der Waals surface area contributed by atoms with Crippen molar-refractivity contribution in [2.24, 2.45) is 16.6 Å². The van der Waals surface area contributed by atoms with Gasteiger partial charge in [-0.05, 0) is 25.2 Å². The Morgan fingerprint density at radius 3 is 2.63 bits per heavy atom. The molecule has 1 atom stereocenters. The molecule has 19 heavy (non-hydrogen) atoms. The zero-order valence-electron chi connectivity index (χ0n) is 12.3. The fourth-order valence-electron chi connectivity index (χ4n) is 2.51. The summed E-state index contributed by atoms with van der Waals surface area (Å²) in [7, 11) is 0. The molecule has 1 heterocycles. The van der Waals surface area contributed by atoms with E-state index in [0.717, 1.165) is 32.8 Å². The van der Waals surface area contributed by atoms with E-state index >= 15 is 0 Å². The molecule has 110 valence electrons. The van der Waals surface area contributed by atoms with Crippen molar-refractivity contribution in [3.05, 3.63) is 0 Å². The minimum Gasteiger partial charge on any atom is -0.379 e. The van der Waals surface area contributed by atoms with Crippen LogP contribution >= 0.6 is 0 Å². The van der Waals surface area contributed by atoms with Crippen LogP contribution in [0.2, 0.25) is 0 Å². The molecule has 5 heteroatoms. The molecule has 0 amide bonds. The standard InChI is InChI=1S/C14H28N4O/c1-11(2)9-13(18-5-7-19-8-6-18)10-16-14(15)17-12-3-4-12/h11-13H,3-10H2,1-2H3,(H3,15,16,17). The molecule has 5 nitrogen and oxygen atoms in total. The molecule has 0 aromatic rings. The van der Waals surface area contributed by atoms with Gasteiger partial charge in [-0.25, -0.2) is 0 Å². The maximum atomic E-state index is 5.92. The van der Waals surface area contributed by atoms with Crippen LogP contribution in [0, 0.1) is 5.92 Å². The average Bonchev–Trinajstić information content (AvgIpc) is 3.19. The number of nitrogens with one attached hydrogen (secondary N) is 1. The third-order valence-corrected chi connectivity index (χ3v) is 3.71. The van der Waals surface area contributed by atoms with Gasteiger partial charge in [0.05, 0.1) is 19.8 Å². The molecule has 1 unspecified atom stereocenters. The highest BCUT2D eigenvalue weighted by Gasteiger charge is 2.23. The van der Waals surface area contributed by atoms with Gasteiger partial charge in [0, 0.05) is 25.2 Å². The number of hydrogen-bond donors (Lipinski definition) is 2. The zero-order chi connectivity index (χ0) is 13.7. The first-order chi connectivity index (χ1) is 9.15. The third kappa shape index (κ3) is 5.37. The van der Waals surface area contributed by atoms with E-state index in [-0.39, 0.29) is 0 Å². The molecule has 0 aromatic carbocycles. The summed E-state index contributed by atoms with van der Waals surface area (Å²) in [4.78, 5) is 7.03. The van der Waals surface area contributed by atoms with Gasteiger partial charge in [0.15, 0.2) is 5.96 Å². The second kappa shape index (κ2) is 7.10. The predicted octanol–water partition coefficient (Wildman–Crippen LogP) is 0.800. The highest BCUT2D eigenvalue weighted by molar-refractivity contribution is 5.78. The Kier molecular flexibility index (Phi) is 5.45. The van der Waals surface area contributed by atoms with Gasteiger partial charge >= 0.3 is 0 Å². The number of rotatable bonds is 6. The number of hydrogen-bond acceptors (Lipinski definition) is 3. The van der Waals surface area contributed by atoms with E-state index in [9.17, 15) is 0 Å². The minimum absolute atomic E-state index is 0.489. The van der Waals surface area contributed by atoms with Crippen LogP contribution in [0.15, 0.2) is 4.99 Å². The lowest BCUT2D eigenvalue weighted by atomic mass is 10.0. The Balaban J connectivity index is 1.84. The zero-order valence-corrected chi connectivity index (χ0v) is 12.3. The molecular weight excluding hydrogens is 240 g/mol. The molecule has 1 saturated carbocycles. The van der Waals surface area contributed by atoms with E-state index in [4.69, 9.17) is 10.5 Å². The molecule has 0 radical (unpaired) electrons. The van der Waals surface area contributed by atoms with Crippen molar-refractivity contribution in [2.45, 2.75) is 45.2 Å². The van der Waals surface area contributed by atoms with Crippen molar-refractivity contribution in [3.8, 4) is 0 Å². The Bertz CT molecular complexity index is 296. The van der Waals surface area contributed by atoms with Crippen molar-refractivity contribution in [1.29, 1.82) is 0 Å². The summed E-state index contributed by atoms with van der Waals surface area (Å²) >= 11 is 0. The quantitative estimate of drug-likeness (QED) is 0.552. The largest absolute Gasteiger partial charge is 0.379 e. The molecule has 0 bridgehead atoms. The van der Waals surface area contributed by atoms with Gasteiger partial charge < -0.3 is 15.8 Å². The van der Waals surface area contributed by atoms with Crippen LogP contribution in [0.3, 0.4) is 0 Å². The Hall–Kier alpha value is -0.810. The molecule has 1 saturated heterocycles. The molecular formula is C14H28N4O. The van der Waals surface area contributed by atoms with E-state index < -0.39 is 0 Å². The van der Waals surface area contributed by atoms with Gasteiger partial charge in [-0.2, -0.15) is 0 Å². The lowest BCUT2D eigenvalue weighted by Gasteiger charge is -2.34. The highest BCUT2D eigenvalue weighted by Crippen LogP contribution is 2.18. The number of morpholine rings is 1. The maximum Gasteiger partial charge on any atom is 0.188 e. The van der Waals surface area contributed by atoms with Crippen molar-refractivity contribution in [3.63, 3.8) is 0 Å². The SMILES string of the molecule is CC(C)CC(CN=C(N)NC1CC1)N1CCOCC1. The van der Waals surface area contributed by atoms with Crippen molar-refractivity contribution >= 4 is 5.96 Å². The first kappa shape index (κ1) is 14.6. The van der Waals surface area contributed by atoms with Gasteiger partial charge in [0.1, 0.15) is 0 Å². The van der Waals surface area contributed by atoms with E-state index in [0.29, 0.717) is 24.0 Å². The van der Waals surface area contributed by atoms with E-state index in [1.165, 1.54) is 19.3 Å². The van der Waals surface area contributed by atoms with Gasteiger partial charge in [-0.15, -0.1) is 0 Å². The summed E-state index contributed by atoms with van der Waals surface area (Å²) in [6, 6.07) is 1.07. The first-order valence-electron chi connectivity index (χ1n) is 7.53. The Morgan fingerprint density at radius 2 is 2.05 bits per heavy atom. The van der Waals surface area contributed by atoms with Crippen LogP contribution in [-0.4, -0.2) is 55.8 Å². The topological polar surface area (TPSA) is 62.9 Å². The molecule has 1 aliphatic heterocycles. The van der Waals surface area contributed by atoms with Crippen LogP contribution < -0.4 is 11.1 Å². The third-order valence-electron chi connectivity index (χ3n) is 3.71. The number of nitrogens with two attached hydrogens (primary N) is 1. The summed E-state index contributed by atoms with van der Waals surface area (Å²) in [6.07, 6.45) is 3.63. The number of nitrogens with zero attached hydrogens (tertiary/aromatic N) is 2. The maximum absolute atomic E-state index is 5.92. The second-order valence-electron chi connectivity index (χ2n) is 6.08. The summed E-state index contributed by atoms with van der Waals surface area (Å²) in [5, 5.41) is 3.25. The summed E-state index contributed by atoms with van der Waals surface area (Å²) in [6.45, 7) is 9.05. The molecule has 1 aliphatic carbocycles. The number of aliphatic imine (C=N–C) groups is 1. The van der Waals surface area contributed by atoms with Crippen LogP contribution in [0.5, 0.6) is 0 Å². The summed E-state index contributed by atoms with van der Waals surface area (Å²) in [5.41, 5.74) is 5.92. The molecule has 2 fully saturated rings. The fraction of sp³-hybridized carbons (Fsp3) is 0.929. The molecule has 2 aliphatic rings. The summed E-state index contributed by atoms with van der Waals surface area (Å²) < 4.78 is 5.43. The van der Waals surface area contributed by atoms with Crippen molar-refractivity contribution in [2.75, 3.05) is 32.8 Å². The lowest BCUT2D eigenvalue weighted by Crippen LogP contribution is -2.46. The minimum atomic E-state index is 0.489. The van der Waals surface area contributed by atoms with Crippen LogP contribution in [0.4, 0.5) is 0 Å². The normalized spacial score (nSPS) is 23.6. The molecule has 3 N–H and O–H groups in total. The highest BCUT2D eigenvalue weighted by atomic mass is 16.5. The smallest absolute Gasteiger partial charge is 0.188 e. The molecule has 0 spiro atoms. The average molecular weight is 268 g/mol. The number of ether oxygens (including phenoxy) is 1. The van der Waals surface area contributed by atoms with Crippen LogP contribution in [0.1, 0.15) is 33.1 Å². The van der Waals surface area contributed by atoms with Crippen molar-refractivity contribution < 1.29 is 4.74 Å². The van der Waals surface area contributed by atoms with Gasteiger partial charge in [0.25, 0.3) is 0 Å². The van der Waals surface area contributed by atoms with Crippen LogP contribution in [-0.2, 0) is 4.74 Å². The van der Waals surface area contributed by atoms with E-state index in [1.807, 2.05) is 0 Å². The Morgan fingerprint density at radius 1 is 1.37 bits per heavy atom. The van der Waals surface area contributed by atoms with Gasteiger partial charge in [-0.1, -0.05) is 13.8 Å². The van der Waals surface area contributed by atoms with Crippen molar-refractivity contribution in [1.82, 2.24) is 10.2 Å². The van der Waals surface area contributed by atoms with Gasteiger partial charge in [0.2, 0.25) is 0 Å². The second-order valence-corrected chi connectivity index (χ2v) is 6.08. The monoisotopic (exact) mass is 268 g/mol. The fourth-order valence-corrected chi connectivity index (χ4v) is 2.51. The lowest BCUT2D eigenvalue weighted by molar-refractivity contribution is 0.0143. The van der Waals surface area contributed by atoms with Gasteiger partial charge in [-0.3, -0.25) is 9.89 Å². The van der Waals surface area contributed by atoms with Crippen LogP contribution in [0.25, 0.3) is 0 Å². The Labute approximate surface area is 116 Å². The number of guanidine groups is 1. The first-order valence-corrected chi connectivity index (χ1v) is 7.53.